The van der Waals surface area contributed by atoms with Gasteiger partial charge >= 0.3 is 0 Å². The van der Waals surface area contributed by atoms with E-state index < -0.39 is 0 Å². The van der Waals surface area contributed by atoms with Crippen LogP contribution in [0.5, 0.6) is 0 Å². The Kier molecular flexibility index (Phi) is 1.79. The van der Waals surface area contributed by atoms with Crippen LogP contribution in [0.1, 0.15) is 12.8 Å². The van der Waals surface area contributed by atoms with Gasteiger partial charge in [0.05, 0.1) is 11.8 Å². The summed E-state index contributed by atoms with van der Waals surface area (Å²) in [5.41, 5.74) is 0. The molecule has 0 N–H and O–H groups in total. The summed E-state index contributed by atoms with van der Waals surface area (Å²) in [6.45, 7) is 3.46. The first-order chi connectivity index (χ1) is 6.25. The van der Waals surface area contributed by atoms with Crippen LogP contribution >= 0.6 is 0 Å². The highest BCUT2D eigenvalue weighted by Crippen LogP contribution is 2.34. The molecule has 2 atom stereocenters. The third kappa shape index (κ3) is 1.03. The Morgan fingerprint density at radius 3 is 2.85 bits per heavy atom. The average Bonchev–Trinajstić information content (AvgIpc) is 2.41. The number of allylic oxidation sites excluding steroid dienone is 1. The molecule has 1 aliphatic carbocycles. The molecule has 0 bridgehead atoms. The van der Waals surface area contributed by atoms with E-state index in [1.165, 1.54) is 6.20 Å². The first kappa shape index (κ1) is 8.23. The quantitative estimate of drug-likeness (QED) is 0.444. The third-order valence-electron chi connectivity index (χ3n) is 2.68. The van der Waals surface area contributed by atoms with Crippen LogP contribution in [0.3, 0.4) is 0 Å². The lowest BCUT2D eigenvalue weighted by Gasteiger charge is -2.14. The maximum atomic E-state index is 11.6. The average molecular weight is 177 g/mol. The van der Waals surface area contributed by atoms with Crippen LogP contribution in [0, 0.1) is 11.8 Å². The molecule has 68 valence electrons. The third-order valence-corrected chi connectivity index (χ3v) is 2.68. The van der Waals surface area contributed by atoms with Gasteiger partial charge in [0.2, 0.25) is 11.8 Å². The maximum Gasteiger partial charge on any atom is 0.240 e. The topological polar surface area (TPSA) is 37.4 Å². The summed E-state index contributed by atoms with van der Waals surface area (Å²) in [4.78, 5) is 24.3. The lowest BCUT2D eigenvalue weighted by molar-refractivity contribution is -0.136. The number of nitrogens with zero attached hydrogens (tertiary/aromatic N) is 1. The minimum atomic E-state index is -0.223. The second kappa shape index (κ2) is 2.83. The second-order valence-corrected chi connectivity index (χ2v) is 3.37. The van der Waals surface area contributed by atoms with Gasteiger partial charge in [0, 0.05) is 6.20 Å². The van der Waals surface area contributed by atoms with Gasteiger partial charge in [0.25, 0.3) is 0 Å². The maximum absolute atomic E-state index is 11.6. The summed E-state index contributed by atoms with van der Waals surface area (Å²) in [5, 5.41) is 0. The van der Waals surface area contributed by atoms with Crippen molar-refractivity contribution in [3.05, 3.63) is 24.9 Å². The number of hydrogen-bond donors (Lipinski definition) is 0. The molecule has 3 nitrogen and oxygen atoms in total. The molecule has 0 aromatic rings. The van der Waals surface area contributed by atoms with Gasteiger partial charge in [-0.2, -0.15) is 0 Å². The van der Waals surface area contributed by atoms with Crippen molar-refractivity contribution in [2.45, 2.75) is 12.8 Å². The number of carbonyl (C=O) groups is 2. The fourth-order valence-electron chi connectivity index (χ4n) is 1.99. The summed E-state index contributed by atoms with van der Waals surface area (Å²) in [6.07, 6.45) is 6.81. The second-order valence-electron chi connectivity index (χ2n) is 3.37. The predicted octanol–water partition coefficient (Wildman–Crippen LogP) is 1.08. The van der Waals surface area contributed by atoms with Crippen LogP contribution in [0.25, 0.3) is 0 Å². The SMILES string of the molecule is C=CN1C(=O)C2C=CCCC2C1=O. The van der Waals surface area contributed by atoms with Crippen LogP contribution in [0.15, 0.2) is 24.9 Å². The van der Waals surface area contributed by atoms with Gasteiger partial charge in [-0.1, -0.05) is 18.7 Å². The number of rotatable bonds is 1. The lowest BCUT2D eigenvalue weighted by atomic mass is 9.86. The number of carbonyl (C=O) groups excluding carboxylic acids is 2. The van der Waals surface area contributed by atoms with Crippen molar-refractivity contribution in [2.24, 2.45) is 11.8 Å². The standard InChI is InChI=1S/C10H11NO2/c1-2-11-9(12)7-5-3-4-6-8(7)10(11)13/h2-3,5,7-8H,1,4,6H2. The molecule has 1 fully saturated rings. The highest BCUT2D eigenvalue weighted by Gasteiger charge is 2.45. The van der Waals surface area contributed by atoms with Gasteiger partial charge in [-0.15, -0.1) is 0 Å². The van der Waals surface area contributed by atoms with E-state index in [1.807, 2.05) is 12.2 Å². The van der Waals surface area contributed by atoms with E-state index in [2.05, 4.69) is 6.58 Å². The molecule has 3 heteroatoms. The fourth-order valence-corrected chi connectivity index (χ4v) is 1.99. The molecule has 2 unspecified atom stereocenters. The Hall–Kier alpha value is -1.38. The van der Waals surface area contributed by atoms with Gasteiger partial charge in [-0.25, -0.2) is 0 Å². The van der Waals surface area contributed by atoms with E-state index in [1.54, 1.807) is 0 Å². The molecule has 1 saturated heterocycles. The van der Waals surface area contributed by atoms with Crippen LogP contribution < -0.4 is 0 Å². The number of fused-ring (bicyclic) bond motifs is 1. The smallest absolute Gasteiger partial charge is 0.240 e. The minimum Gasteiger partial charge on any atom is -0.274 e. The van der Waals surface area contributed by atoms with Crippen molar-refractivity contribution in [2.75, 3.05) is 0 Å². The molecule has 2 amide bonds. The Morgan fingerprint density at radius 1 is 1.46 bits per heavy atom. The van der Waals surface area contributed by atoms with Crippen molar-refractivity contribution in [3.8, 4) is 0 Å². The lowest BCUT2D eigenvalue weighted by Crippen LogP contribution is -2.24. The molecule has 0 saturated carbocycles. The number of hydrogen-bond acceptors (Lipinski definition) is 2. The Balaban J connectivity index is 2.35. The van der Waals surface area contributed by atoms with E-state index in [0.717, 1.165) is 17.7 Å². The summed E-state index contributed by atoms with van der Waals surface area (Å²) in [5.74, 6) is -0.565. The molecule has 2 rings (SSSR count). The van der Waals surface area contributed by atoms with Crippen molar-refractivity contribution in [1.82, 2.24) is 4.90 Å². The predicted molar refractivity (Wildman–Crippen MR) is 47.4 cm³/mol. The highest BCUT2D eigenvalue weighted by atomic mass is 16.2. The summed E-state index contributed by atoms with van der Waals surface area (Å²) < 4.78 is 0. The summed E-state index contributed by atoms with van der Waals surface area (Å²) in [7, 11) is 0. The van der Waals surface area contributed by atoms with E-state index in [-0.39, 0.29) is 23.7 Å². The summed E-state index contributed by atoms with van der Waals surface area (Å²) in [6, 6.07) is 0. The molecule has 2 aliphatic rings. The number of imide groups is 1. The van der Waals surface area contributed by atoms with E-state index in [9.17, 15) is 9.59 Å². The van der Waals surface area contributed by atoms with E-state index in [4.69, 9.17) is 0 Å². The molecule has 13 heavy (non-hydrogen) atoms. The van der Waals surface area contributed by atoms with Gasteiger partial charge in [-0.05, 0) is 12.8 Å². The van der Waals surface area contributed by atoms with Crippen molar-refractivity contribution >= 4 is 11.8 Å². The van der Waals surface area contributed by atoms with E-state index in [0.29, 0.717) is 0 Å². The Morgan fingerprint density at radius 2 is 2.23 bits per heavy atom. The van der Waals surface area contributed by atoms with E-state index >= 15 is 0 Å². The fraction of sp³-hybridized carbons (Fsp3) is 0.400. The summed E-state index contributed by atoms with van der Waals surface area (Å²) >= 11 is 0. The van der Waals surface area contributed by atoms with Crippen LogP contribution in [-0.2, 0) is 9.59 Å². The first-order valence-electron chi connectivity index (χ1n) is 4.42. The highest BCUT2D eigenvalue weighted by molar-refractivity contribution is 6.07. The monoisotopic (exact) mass is 177 g/mol. The molecule has 0 aromatic heterocycles. The van der Waals surface area contributed by atoms with Crippen molar-refractivity contribution in [1.29, 1.82) is 0 Å². The Bertz CT molecular complexity index is 306. The zero-order valence-corrected chi connectivity index (χ0v) is 7.27. The zero-order valence-electron chi connectivity index (χ0n) is 7.27. The molecule has 0 aromatic carbocycles. The van der Waals surface area contributed by atoms with Gasteiger partial charge in [0.1, 0.15) is 0 Å². The number of likely N-dealkylation sites (tertiary alicyclic amines) is 1. The van der Waals surface area contributed by atoms with Crippen molar-refractivity contribution in [3.63, 3.8) is 0 Å². The molecular formula is C10H11NO2. The normalized spacial score (nSPS) is 32.2. The number of amides is 2. The Labute approximate surface area is 76.7 Å². The largest absolute Gasteiger partial charge is 0.274 e. The van der Waals surface area contributed by atoms with Gasteiger partial charge in [-0.3, -0.25) is 14.5 Å². The minimum absolute atomic E-state index is 0.0886. The van der Waals surface area contributed by atoms with Crippen LogP contribution in [-0.4, -0.2) is 16.7 Å². The molecular weight excluding hydrogens is 166 g/mol. The van der Waals surface area contributed by atoms with Gasteiger partial charge in [0.15, 0.2) is 0 Å². The molecule has 0 spiro atoms. The van der Waals surface area contributed by atoms with Crippen molar-refractivity contribution < 1.29 is 9.59 Å². The molecule has 0 radical (unpaired) electrons. The zero-order chi connectivity index (χ0) is 9.42. The van der Waals surface area contributed by atoms with Gasteiger partial charge < -0.3 is 0 Å². The molecule has 1 aliphatic heterocycles. The first-order valence-corrected chi connectivity index (χ1v) is 4.42. The van der Waals surface area contributed by atoms with Crippen LogP contribution in [0.4, 0.5) is 0 Å². The van der Waals surface area contributed by atoms with Crippen LogP contribution in [0.2, 0.25) is 0 Å². The molecule has 1 heterocycles.